The fourth-order valence-electron chi connectivity index (χ4n) is 4.57. The minimum Gasteiger partial charge on any atom is -0.327 e. The van der Waals surface area contributed by atoms with E-state index in [1.165, 1.54) is 48.8 Å². The topological polar surface area (TPSA) is 26.0 Å². The van der Waals surface area contributed by atoms with E-state index in [2.05, 4.69) is 32.0 Å². The van der Waals surface area contributed by atoms with Gasteiger partial charge in [0.05, 0.1) is 0 Å². The van der Waals surface area contributed by atoms with Gasteiger partial charge in [-0.1, -0.05) is 24.6 Å². The van der Waals surface area contributed by atoms with Crippen molar-refractivity contribution in [2.45, 2.75) is 58.4 Å². The number of hydrogen-bond donors (Lipinski definition) is 1. The zero-order valence-corrected chi connectivity index (χ0v) is 12.4. The fraction of sp³-hybridized carbons (Fsp3) is 0.667. The maximum Gasteiger partial charge on any atom is 0.00822 e. The minimum absolute atomic E-state index is 0.351. The highest BCUT2D eigenvalue weighted by atomic mass is 14.6. The van der Waals surface area contributed by atoms with Crippen molar-refractivity contribution < 1.29 is 0 Å². The number of hydrogen-bond acceptors (Lipinski definition) is 1. The summed E-state index contributed by atoms with van der Waals surface area (Å²) in [4.78, 5) is 0. The molecule has 104 valence electrons. The first-order valence-corrected chi connectivity index (χ1v) is 7.94. The van der Waals surface area contributed by atoms with Crippen LogP contribution in [0.5, 0.6) is 0 Å². The maximum atomic E-state index is 6.46. The molecule has 0 saturated heterocycles. The van der Waals surface area contributed by atoms with Crippen LogP contribution in [0.1, 0.15) is 48.8 Å². The predicted molar refractivity (Wildman–Crippen MR) is 81.2 cm³/mol. The molecule has 0 amide bonds. The van der Waals surface area contributed by atoms with Crippen molar-refractivity contribution >= 4 is 0 Å². The Balaban J connectivity index is 1.61. The van der Waals surface area contributed by atoms with Gasteiger partial charge in [-0.3, -0.25) is 0 Å². The highest BCUT2D eigenvalue weighted by Crippen LogP contribution is 2.49. The van der Waals surface area contributed by atoms with Gasteiger partial charge in [0.25, 0.3) is 0 Å². The highest BCUT2D eigenvalue weighted by molar-refractivity contribution is 5.34. The molecular weight excluding hydrogens is 230 g/mol. The van der Waals surface area contributed by atoms with Gasteiger partial charge in [-0.05, 0) is 80.4 Å². The van der Waals surface area contributed by atoms with Crippen molar-refractivity contribution in [1.82, 2.24) is 0 Å². The van der Waals surface area contributed by atoms with Crippen LogP contribution in [0.15, 0.2) is 18.2 Å². The second-order valence-electron chi connectivity index (χ2n) is 7.01. The summed E-state index contributed by atoms with van der Waals surface area (Å²) in [7, 11) is 0. The molecule has 19 heavy (non-hydrogen) atoms. The van der Waals surface area contributed by atoms with Crippen molar-refractivity contribution in [2.24, 2.45) is 23.5 Å². The summed E-state index contributed by atoms with van der Waals surface area (Å²) in [6.07, 6.45) is 8.24. The van der Waals surface area contributed by atoms with E-state index < -0.39 is 0 Å². The second kappa shape index (κ2) is 5.28. The first kappa shape index (κ1) is 13.2. The Kier molecular flexibility index (Phi) is 3.66. The molecule has 1 aromatic carbocycles. The number of benzene rings is 1. The van der Waals surface area contributed by atoms with Crippen LogP contribution in [-0.2, 0) is 6.42 Å². The first-order valence-electron chi connectivity index (χ1n) is 7.94. The van der Waals surface area contributed by atoms with Gasteiger partial charge >= 0.3 is 0 Å². The molecule has 3 rings (SSSR count). The smallest absolute Gasteiger partial charge is 0.00822 e. The fourth-order valence-corrected chi connectivity index (χ4v) is 4.57. The van der Waals surface area contributed by atoms with Crippen LogP contribution in [0.2, 0.25) is 0 Å². The molecule has 4 atom stereocenters. The summed E-state index contributed by atoms with van der Waals surface area (Å²) in [6, 6.07) is 6.93. The van der Waals surface area contributed by atoms with E-state index in [-0.39, 0.29) is 0 Å². The Morgan fingerprint density at radius 3 is 2.47 bits per heavy atom. The first-order chi connectivity index (χ1) is 9.13. The van der Waals surface area contributed by atoms with E-state index in [1.807, 2.05) is 0 Å². The van der Waals surface area contributed by atoms with Crippen LogP contribution < -0.4 is 5.73 Å². The average Bonchev–Trinajstić information content (AvgIpc) is 2.96. The molecule has 2 saturated carbocycles. The lowest BCUT2D eigenvalue weighted by Gasteiger charge is -2.25. The molecule has 2 fully saturated rings. The van der Waals surface area contributed by atoms with Gasteiger partial charge in [-0.15, -0.1) is 0 Å². The van der Waals surface area contributed by atoms with Crippen LogP contribution in [-0.4, -0.2) is 6.04 Å². The van der Waals surface area contributed by atoms with E-state index in [9.17, 15) is 0 Å². The van der Waals surface area contributed by atoms with Crippen molar-refractivity contribution in [3.63, 3.8) is 0 Å². The Morgan fingerprint density at radius 1 is 1.16 bits per heavy atom. The summed E-state index contributed by atoms with van der Waals surface area (Å²) >= 11 is 0. The number of fused-ring (bicyclic) bond motifs is 2. The van der Waals surface area contributed by atoms with Crippen LogP contribution in [0, 0.1) is 31.6 Å². The minimum atomic E-state index is 0.351. The zero-order chi connectivity index (χ0) is 13.4. The Hall–Kier alpha value is -0.820. The average molecular weight is 257 g/mol. The van der Waals surface area contributed by atoms with E-state index in [0.717, 1.165) is 24.2 Å². The third-order valence-corrected chi connectivity index (χ3v) is 5.60. The summed E-state index contributed by atoms with van der Waals surface area (Å²) in [5.41, 5.74) is 10.8. The van der Waals surface area contributed by atoms with Crippen molar-refractivity contribution in [3.05, 3.63) is 34.9 Å². The third-order valence-electron chi connectivity index (χ3n) is 5.60. The molecule has 1 heteroatoms. The van der Waals surface area contributed by atoms with Gasteiger partial charge in [0.15, 0.2) is 0 Å². The van der Waals surface area contributed by atoms with Gasteiger partial charge in [0.2, 0.25) is 0 Å². The zero-order valence-electron chi connectivity index (χ0n) is 12.4. The summed E-state index contributed by atoms with van der Waals surface area (Å²) in [5.74, 6) is 2.98. The molecule has 2 bridgehead atoms. The summed E-state index contributed by atoms with van der Waals surface area (Å²) in [6.45, 7) is 4.43. The molecule has 0 aromatic heterocycles. The Labute approximate surface area is 117 Å². The molecular formula is C18H27N. The molecule has 1 aromatic rings. The number of nitrogens with two attached hydrogens (primary N) is 1. The van der Waals surface area contributed by atoms with Gasteiger partial charge < -0.3 is 5.73 Å². The van der Waals surface area contributed by atoms with Crippen LogP contribution in [0.4, 0.5) is 0 Å². The molecule has 4 unspecified atom stereocenters. The van der Waals surface area contributed by atoms with Gasteiger partial charge in [0, 0.05) is 6.04 Å². The lowest BCUT2D eigenvalue weighted by Crippen LogP contribution is -2.28. The normalized spacial score (nSPS) is 30.8. The number of aryl methyl sites for hydroxylation is 2. The number of rotatable bonds is 4. The molecule has 0 spiro atoms. The van der Waals surface area contributed by atoms with E-state index in [4.69, 9.17) is 5.73 Å². The molecule has 0 heterocycles. The third kappa shape index (κ3) is 2.72. The van der Waals surface area contributed by atoms with Crippen molar-refractivity contribution in [2.75, 3.05) is 0 Å². The van der Waals surface area contributed by atoms with Crippen molar-refractivity contribution in [1.29, 1.82) is 0 Å². The van der Waals surface area contributed by atoms with Gasteiger partial charge in [0.1, 0.15) is 0 Å². The lowest BCUT2D eigenvalue weighted by atomic mass is 9.82. The van der Waals surface area contributed by atoms with Gasteiger partial charge in [-0.2, -0.15) is 0 Å². The molecule has 2 aliphatic rings. The standard InChI is InChI=1S/C18H27N/c1-12-4-3-5-13(2)18(12)11-17(19)10-16-9-14-6-7-15(16)8-14/h3-5,14-17H,6-11,19H2,1-2H3. The maximum absolute atomic E-state index is 6.46. The van der Waals surface area contributed by atoms with Crippen LogP contribution in [0.25, 0.3) is 0 Å². The summed E-state index contributed by atoms with van der Waals surface area (Å²) < 4.78 is 0. The van der Waals surface area contributed by atoms with E-state index in [0.29, 0.717) is 6.04 Å². The van der Waals surface area contributed by atoms with Crippen LogP contribution >= 0.6 is 0 Å². The molecule has 2 aliphatic carbocycles. The van der Waals surface area contributed by atoms with Gasteiger partial charge in [-0.25, -0.2) is 0 Å². The van der Waals surface area contributed by atoms with Crippen LogP contribution in [0.3, 0.4) is 0 Å². The summed E-state index contributed by atoms with van der Waals surface area (Å²) in [5, 5.41) is 0. The quantitative estimate of drug-likeness (QED) is 0.867. The molecule has 0 radical (unpaired) electrons. The van der Waals surface area contributed by atoms with E-state index >= 15 is 0 Å². The Morgan fingerprint density at radius 2 is 1.89 bits per heavy atom. The monoisotopic (exact) mass is 257 g/mol. The second-order valence-corrected chi connectivity index (χ2v) is 7.01. The Bertz CT molecular complexity index is 431. The highest BCUT2D eigenvalue weighted by Gasteiger charge is 2.39. The molecule has 0 aliphatic heterocycles. The van der Waals surface area contributed by atoms with Crippen molar-refractivity contribution in [3.8, 4) is 0 Å². The lowest BCUT2D eigenvalue weighted by molar-refractivity contribution is 0.294. The predicted octanol–water partition coefficient (Wildman–Crippen LogP) is 4.00. The van der Waals surface area contributed by atoms with E-state index in [1.54, 1.807) is 0 Å². The molecule has 2 N–H and O–H groups in total. The SMILES string of the molecule is Cc1cccc(C)c1CC(N)CC1CC2CCC1C2. The largest absolute Gasteiger partial charge is 0.327 e. The molecule has 1 nitrogen and oxygen atoms in total.